The summed E-state index contributed by atoms with van der Waals surface area (Å²) in [6, 6.07) is 10.8. The van der Waals surface area contributed by atoms with Crippen LogP contribution in [-0.4, -0.2) is 17.0 Å². The number of nitro groups is 1. The first-order valence-corrected chi connectivity index (χ1v) is 6.65. The molecule has 0 unspecified atom stereocenters. The van der Waals surface area contributed by atoms with E-state index in [4.69, 9.17) is 4.74 Å². The molecule has 0 fully saturated rings. The van der Waals surface area contributed by atoms with Crippen molar-refractivity contribution in [3.63, 3.8) is 0 Å². The number of anilines is 1. The Labute approximate surface area is 122 Å². The van der Waals surface area contributed by atoms with Gasteiger partial charge in [0.1, 0.15) is 0 Å². The van der Waals surface area contributed by atoms with Crippen LogP contribution in [0.4, 0.5) is 11.5 Å². The van der Waals surface area contributed by atoms with Crippen molar-refractivity contribution in [1.82, 2.24) is 4.98 Å². The predicted octanol–water partition coefficient (Wildman–Crippen LogP) is 3.17. The molecule has 0 saturated heterocycles. The molecule has 110 valence electrons. The monoisotopic (exact) mass is 287 g/mol. The van der Waals surface area contributed by atoms with Crippen molar-refractivity contribution in [3.05, 3.63) is 57.6 Å². The molecule has 0 saturated carbocycles. The number of ether oxygens (including phenoxy) is 1. The first-order chi connectivity index (χ1) is 10.2. The van der Waals surface area contributed by atoms with Gasteiger partial charge in [0, 0.05) is 18.7 Å². The summed E-state index contributed by atoms with van der Waals surface area (Å²) < 4.78 is 5.01. The third kappa shape index (κ3) is 3.47. The van der Waals surface area contributed by atoms with Crippen LogP contribution in [0.1, 0.15) is 18.1 Å². The van der Waals surface area contributed by atoms with E-state index in [1.54, 1.807) is 0 Å². The molecular formula is C15H17N3O3. The number of rotatable bonds is 6. The van der Waals surface area contributed by atoms with Crippen molar-refractivity contribution in [1.29, 1.82) is 0 Å². The van der Waals surface area contributed by atoms with Crippen LogP contribution in [0.2, 0.25) is 0 Å². The molecule has 2 aromatic rings. The van der Waals surface area contributed by atoms with Crippen LogP contribution >= 0.6 is 0 Å². The third-order valence-electron chi connectivity index (χ3n) is 3.20. The topological polar surface area (TPSA) is 77.3 Å². The fraction of sp³-hybridized carbons (Fsp3) is 0.267. The van der Waals surface area contributed by atoms with E-state index in [1.807, 2.05) is 24.3 Å². The minimum atomic E-state index is -0.458. The lowest BCUT2D eigenvalue weighted by atomic mass is 10.1. The maximum absolute atomic E-state index is 11.0. The lowest BCUT2D eigenvalue weighted by molar-refractivity contribution is -0.384. The van der Waals surface area contributed by atoms with Crippen molar-refractivity contribution in [3.8, 4) is 5.88 Å². The molecule has 0 aliphatic carbocycles. The summed E-state index contributed by atoms with van der Waals surface area (Å²) in [5.41, 5.74) is 2.24. The van der Waals surface area contributed by atoms with Crippen LogP contribution in [0, 0.1) is 10.1 Å². The van der Waals surface area contributed by atoms with Crippen LogP contribution in [-0.2, 0) is 13.0 Å². The highest BCUT2D eigenvalue weighted by atomic mass is 16.6. The molecule has 1 aromatic heterocycles. The molecule has 0 aliphatic rings. The highest BCUT2D eigenvalue weighted by Crippen LogP contribution is 2.25. The molecule has 0 atom stereocenters. The number of nitrogens with one attached hydrogen (secondary N) is 1. The zero-order valence-electron chi connectivity index (χ0n) is 12.0. The largest absolute Gasteiger partial charge is 0.481 e. The van der Waals surface area contributed by atoms with Crippen molar-refractivity contribution in [2.45, 2.75) is 19.9 Å². The molecule has 1 heterocycles. The Morgan fingerprint density at radius 3 is 2.57 bits per heavy atom. The summed E-state index contributed by atoms with van der Waals surface area (Å²) >= 11 is 0. The van der Waals surface area contributed by atoms with Gasteiger partial charge in [-0.15, -0.1) is 0 Å². The Kier molecular flexibility index (Phi) is 4.71. The van der Waals surface area contributed by atoms with Crippen LogP contribution in [0.5, 0.6) is 5.88 Å². The van der Waals surface area contributed by atoms with Crippen LogP contribution in [0.15, 0.2) is 36.4 Å². The molecular weight excluding hydrogens is 270 g/mol. The standard InChI is InChI=1S/C15H17N3O3/c1-3-11-6-4-5-7-12(11)10-16-15-13(18(19)20)8-9-14(17-15)21-2/h4-9H,3,10H2,1-2H3,(H,16,17). The molecule has 1 aromatic carbocycles. The quantitative estimate of drug-likeness (QED) is 0.652. The van der Waals surface area contributed by atoms with Gasteiger partial charge in [-0.1, -0.05) is 31.2 Å². The zero-order valence-corrected chi connectivity index (χ0v) is 12.0. The van der Waals surface area contributed by atoms with E-state index < -0.39 is 4.92 Å². The summed E-state index contributed by atoms with van der Waals surface area (Å²) in [5, 5.41) is 14.1. The lowest BCUT2D eigenvalue weighted by Crippen LogP contribution is -2.07. The maximum Gasteiger partial charge on any atom is 0.311 e. The van der Waals surface area contributed by atoms with E-state index in [2.05, 4.69) is 17.2 Å². The van der Waals surface area contributed by atoms with Crippen LogP contribution < -0.4 is 10.1 Å². The van der Waals surface area contributed by atoms with Crippen LogP contribution in [0.3, 0.4) is 0 Å². The van der Waals surface area contributed by atoms with Gasteiger partial charge in [0.25, 0.3) is 0 Å². The summed E-state index contributed by atoms with van der Waals surface area (Å²) in [6.07, 6.45) is 0.908. The Morgan fingerprint density at radius 2 is 1.95 bits per heavy atom. The second kappa shape index (κ2) is 6.69. The number of hydrogen-bond acceptors (Lipinski definition) is 5. The molecule has 0 amide bonds. The first-order valence-electron chi connectivity index (χ1n) is 6.65. The Morgan fingerprint density at radius 1 is 1.24 bits per heavy atom. The van der Waals surface area contributed by atoms with E-state index in [0.29, 0.717) is 12.4 Å². The van der Waals surface area contributed by atoms with Gasteiger partial charge in [0.05, 0.1) is 12.0 Å². The van der Waals surface area contributed by atoms with Gasteiger partial charge >= 0.3 is 5.69 Å². The van der Waals surface area contributed by atoms with Crippen molar-refractivity contribution in [2.75, 3.05) is 12.4 Å². The molecule has 0 bridgehead atoms. The van der Waals surface area contributed by atoms with Crippen molar-refractivity contribution < 1.29 is 9.66 Å². The van der Waals surface area contributed by atoms with Gasteiger partial charge in [0.15, 0.2) is 0 Å². The van der Waals surface area contributed by atoms with Gasteiger partial charge in [-0.2, -0.15) is 4.98 Å². The van der Waals surface area contributed by atoms with Crippen LogP contribution in [0.25, 0.3) is 0 Å². The van der Waals surface area contributed by atoms with Gasteiger partial charge < -0.3 is 10.1 Å². The second-order valence-corrected chi connectivity index (χ2v) is 4.45. The van der Waals surface area contributed by atoms with E-state index in [-0.39, 0.29) is 11.5 Å². The number of methoxy groups -OCH3 is 1. The Balaban J connectivity index is 2.24. The number of aryl methyl sites for hydroxylation is 1. The fourth-order valence-electron chi connectivity index (χ4n) is 2.08. The second-order valence-electron chi connectivity index (χ2n) is 4.45. The van der Waals surface area contributed by atoms with E-state index >= 15 is 0 Å². The fourth-order valence-corrected chi connectivity index (χ4v) is 2.08. The smallest absolute Gasteiger partial charge is 0.311 e. The van der Waals surface area contributed by atoms with Crippen molar-refractivity contribution >= 4 is 11.5 Å². The van der Waals surface area contributed by atoms with Gasteiger partial charge in [-0.3, -0.25) is 10.1 Å². The molecule has 21 heavy (non-hydrogen) atoms. The SMILES string of the molecule is CCc1ccccc1CNc1nc(OC)ccc1[N+](=O)[O-]. The number of aromatic nitrogens is 1. The van der Waals surface area contributed by atoms with Crippen molar-refractivity contribution in [2.24, 2.45) is 0 Å². The van der Waals surface area contributed by atoms with E-state index in [9.17, 15) is 10.1 Å². The Bertz CT molecular complexity index is 644. The first kappa shape index (κ1) is 14.8. The third-order valence-corrected chi connectivity index (χ3v) is 3.20. The molecule has 1 N–H and O–H groups in total. The Hall–Kier alpha value is -2.63. The molecule has 0 aliphatic heterocycles. The molecule has 2 rings (SSSR count). The highest BCUT2D eigenvalue weighted by molar-refractivity contribution is 5.57. The molecule has 0 radical (unpaired) electrons. The number of pyridine rings is 1. The van der Waals surface area contributed by atoms with E-state index in [0.717, 1.165) is 12.0 Å². The number of nitrogens with zero attached hydrogens (tertiary/aromatic N) is 2. The normalized spacial score (nSPS) is 10.2. The molecule has 6 nitrogen and oxygen atoms in total. The average Bonchev–Trinajstić information content (AvgIpc) is 2.52. The predicted molar refractivity (Wildman–Crippen MR) is 80.6 cm³/mol. The van der Waals surface area contributed by atoms with Gasteiger partial charge in [0.2, 0.25) is 11.7 Å². The summed E-state index contributed by atoms with van der Waals surface area (Å²) in [7, 11) is 1.48. The number of benzene rings is 1. The minimum absolute atomic E-state index is 0.0650. The van der Waals surface area contributed by atoms with E-state index in [1.165, 1.54) is 24.8 Å². The highest BCUT2D eigenvalue weighted by Gasteiger charge is 2.16. The summed E-state index contributed by atoms with van der Waals surface area (Å²) in [4.78, 5) is 14.7. The minimum Gasteiger partial charge on any atom is -0.481 e. The molecule has 6 heteroatoms. The maximum atomic E-state index is 11.0. The lowest BCUT2D eigenvalue weighted by Gasteiger charge is -2.10. The molecule has 0 spiro atoms. The summed E-state index contributed by atoms with van der Waals surface area (Å²) in [5.74, 6) is 0.553. The number of hydrogen-bond donors (Lipinski definition) is 1. The summed E-state index contributed by atoms with van der Waals surface area (Å²) in [6.45, 7) is 2.55. The van der Waals surface area contributed by atoms with Gasteiger partial charge in [-0.25, -0.2) is 0 Å². The van der Waals surface area contributed by atoms with Gasteiger partial charge in [-0.05, 0) is 17.5 Å². The average molecular weight is 287 g/mol. The zero-order chi connectivity index (χ0) is 15.2.